The number of aliphatic hydroxyl groups is 1. The van der Waals surface area contributed by atoms with Gasteiger partial charge in [-0.3, -0.25) is 4.90 Å². The van der Waals surface area contributed by atoms with Crippen LogP contribution >= 0.6 is 0 Å². The fourth-order valence-corrected chi connectivity index (χ4v) is 16.0. The number of likely N-dealkylation sites (N-methyl/N-ethyl adjacent to an activating group) is 1. The summed E-state index contributed by atoms with van der Waals surface area (Å²) >= 11 is 0. The van der Waals surface area contributed by atoms with Crippen LogP contribution in [0.3, 0.4) is 0 Å². The topological polar surface area (TPSA) is 80.1 Å². The van der Waals surface area contributed by atoms with Gasteiger partial charge in [0, 0.05) is 49.5 Å². The Balaban J connectivity index is 1.30. The van der Waals surface area contributed by atoms with E-state index < -0.39 is 11.0 Å². The van der Waals surface area contributed by atoms with Gasteiger partial charge in [-0.1, -0.05) is 77.1 Å². The molecule has 58 heavy (non-hydrogen) atoms. The minimum absolute atomic E-state index is 0.00483. The molecule has 1 aliphatic heterocycles. The fourth-order valence-electron chi connectivity index (χ4n) is 16.0. The van der Waals surface area contributed by atoms with E-state index in [0.717, 1.165) is 88.1 Å². The number of ether oxygens (including phenoxy) is 2. The van der Waals surface area contributed by atoms with Crippen molar-refractivity contribution in [1.29, 1.82) is 0 Å². The first-order valence-electron chi connectivity index (χ1n) is 23.0. The van der Waals surface area contributed by atoms with Crippen molar-refractivity contribution in [2.45, 2.75) is 143 Å². The summed E-state index contributed by atoms with van der Waals surface area (Å²) < 4.78 is 14.7. The normalized spacial score (nSPS) is 42.1. The van der Waals surface area contributed by atoms with Gasteiger partial charge < -0.3 is 28.8 Å². The zero-order chi connectivity index (χ0) is 41.5. The van der Waals surface area contributed by atoms with E-state index >= 15 is 0 Å². The standard InChI is InChI=1S/C50H76N4O4/c1-34(2)37-18-23-49(33-55)25-24-48(7)42(17-16-41-46(5)21-20-43(56)45(3,4)40(46)19-22-47(41,48)6)50(37,49)54-31-36(58-29-28-57-10)30-39(54)44-51-38(35-14-12-11-13-15-35)32-53(44)27-26-52(8)9/h11-15,32-33,36-37,39-43,56H,1,16-31H2,2-10H3/t36-,37-,39+,40+,41-,42-,43+,46+,47-,48?,49?,50-/m1/s1. The third-order valence-electron chi connectivity index (χ3n) is 18.8. The molecule has 2 unspecified atom stereocenters. The molecule has 8 rings (SSSR count). The minimum Gasteiger partial charge on any atom is -0.393 e. The van der Waals surface area contributed by atoms with Crippen molar-refractivity contribution >= 4 is 6.29 Å². The Kier molecular flexibility index (Phi) is 11.1. The number of nitrogens with zero attached hydrogens (tertiary/aromatic N) is 4. The molecule has 6 aliphatic rings. The van der Waals surface area contributed by atoms with E-state index in [1.165, 1.54) is 31.1 Å². The lowest BCUT2D eigenvalue weighted by atomic mass is 9.31. The van der Waals surface area contributed by atoms with Gasteiger partial charge in [0.1, 0.15) is 12.1 Å². The number of likely N-dealkylation sites (tertiary alicyclic amines) is 1. The Morgan fingerprint density at radius 1 is 0.931 bits per heavy atom. The van der Waals surface area contributed by atoms with Crippen LogP contribution < -0.4 is 0 Å². The van der Waals surface area contributed by atoms with E-state index in [1.54, 1.807) is 7.11 Å². The number of hydrogen-bond acceptors (Lipinski definition) is 7. The van der Waals surface area contributed by atoms with Crippen LogP contribution in [0.5, 0.6) is 0 Å². The monoisotopic (exact) mass is 797 g/mol. The highest BCUT2D eigenvalue weighted by Crippen LogP contribution is 2.79. The molecule has 1 aromatic heterocycles. The first kappa shape index (κ1) is 42.3. The van der Waals surface area contributed by atoms with Gasteiger partial charge in [0.25, 0.3) is 0 Å². The summed E-state index contributed by atoms with van der Waals surface area (Å²) in [5.74, 6) is 2.69. The number of carbonyl (C=O) groups is 1. The Morgan fingerprint density at radius 3 is 2.34 bits per heavy atom. The van der Waals surface area contributed by atoms with Crippen LogP contribution in [0.2, 0.25) is 0 Å². The molecule has 1 N–H and O–H groups in total. The van der Waals surface area contributed by atoms with Crippen LogP contribution in [0.4, 0.5) is 0 Å². The van der Waals surface area contributed by atoms with Crippen LogP contribution in [-0.2, 0) is 20.8 Å². The second kappa shape index (κ2) is 15.2. The largest absolute Gasteiger partial charge is 0.393 e. The number of hydrogen-bond donors (Lipinski definition) is 1. The van der Waals surface area contributed by atoms with E-state index in [-0.39, 0.29) is 45.8 Å². The van der Waals surface area contributed by atoms with Crippen molar-refractivity contribution in [3.05, 3.63) is 54.5 Å². The van der Waals surface area contributed by atoms with E-state index in [2.05, 4.69) is 107 Å². The molecule has 12 atom stereocenters. The summed E-state index contributed by atoms with van der Waals surface area (Å²) in [5, 5.41) is 11.4. The van der Waals surface area contributed by atoms with Crippen molar-refractivity contribution in [3.8, 4) is 11.3 Å². The smallest absolute Gasteiger partial charge is 0.128 e. The molecular formula is C50H76N4O4. The Hall–Kier alpha value is -2.36. The zero-order valence-corrected chi connectivity index (χ0v) is 37.6. The Labute approximate surface area is 350 Å². The second-order valence-corrected chi connectivity index (χ2v) is 21.8. The number of aromatic nitrogens is 2. The molecule has 8 heteroatoms. The van der Waals surface area contributed by atoms with Gasteiger partial charge in [-0.2, -0.15) is 0 Å². The summed E-state index contributed by atoms with van der Waals surface area (Å²) in [6.45, 7) is 23.4. The summed E-state index contributed by atoms with van der Waals surface area (Å²) in [4.78, 5) is 25.1. The number of aliphatic hydroxyl groups excluding tert-OH is 1. The maximum absolute atomic E-state index is 14.4. The number of carbonyl (C=O) groups excluding carboxylic acids is 1. The molecule has 0 amide bonds. The van der Waals surface area contributed by atoms with Crippen molar-refractivity contribution in [3.63, 3.8) is 0 Å². The number of fused-ring (bicyclic) bond motifs is 7. The summed E-state index contributed by atoms with van der Waals surface area (Å²) in [5.41, 5.74) is 2.68. The Morgan fingerprint density at radius 2 is 1.66 bits per heavy atom. The van der Waals surface area contributed by atoms with E-state index in [4.69, 9.17) is 21.0 Å². The quantitative estimate of drug-likeness (QED) is 0.130. The zero-order valence-electron chi connectivity index (χ0n) is 37.6. The summed E-state index contributed by atoms with van der Waals surface area (Å²) in [6.07, 6.45) is 14.9. The molecular weight excluding hydrogens is 721 g/mol. The number of benzene rings is 1. The number of imidazole rings is 1. The maximum Gasteiger partial charge on any atom is 0.128 e. The molecule has 8 nitrogen and oxygen atoms in total. The number of rotatable bonds is 12. The fraction of sp³-hybridized carbons (Fsp3) is 0.760. The number of methoxy groups -OCH3 is 1. The highest BCUT2D eigenvalue weighted by molar-refractivity contribution is 5.66. The van der Waals surface area contributed by atoms with E-state index in [0.29, 0.717) is 31.0 Å². The first-order chi connectivity index (χ1) is 27.5. The van der Waals surface area contributed by atoms with E-state index in [1.807, 2.05) is 0 Å². The van der Waals surface area contributed by atoms with Gasteiger partial charge in [0.2, 0.25) is 0 Å². The van der Waals surface area contributed by atoms with Gasteiger partial charge in [-0.15, -0.1) is 0 Å². The lowest BCUT2D eigenvalue weighted by Crippen LogP contribution is -2.75. The van der Waals surface area contributed by atoms with Gasteiger partial charge in [-0.25, -0.2) is 4.98 Å². The predicted octanol–water partition coefficient (Wildman–Crippen LogP) is 9.23. The molecule has 1 saturated heterocycles. The molecule has 5 saturated carbocycles. The predicted molar refractivity (Wildman–Crippen MR) is 232 cm³/mol. The van der Waals surface area contributed by atoms with Crippen LogP contribution in [0.1, 0.15) is 124 Å². The van der Waals surface area contributed by atoms with Crippen LogP contribution in [0, 0.1) is 50.7 Å². The maximum atomic E-state index is 14.4. The molecule has 0 spiro atoms. The highest BCUT2D eigenvalue weighted by Gasteiger charge is 2.78. The average molecular weight is 797 g/mol. The van der Waals surface area contributed by atoms with Gasteiger partial charge in [0.15, 0.2) is 0 Å². The third kappa shape index (κ3) is 6.06. The van der Waals surface area contributed by atoms with Crippen molar-refractivity contribution in [2.75, 3.05) is 47.5 Å². The van der Waals surface area contributed by atoms with Crippen LogP contribution in [0.25, 0.3) is 11.3 Å². The molecule has 1 aromatic carbocycles. The van der Waals surface area contributed by atoms with Crippen LogP contribution in [-0.4, -0.2) is 96.0 Å². The van der Waals surface area contributed by atoms with Crippen molar-refractivity contribution in [1.82, 2.24) is 19.4 Å². The average Bonchev–Trinajstić information content (AvgIpc) is 3.91. The summed E-state index contributed by atoms with van der Waals surface area (Å²) in [7, 11) is 6.04. The first-order valence-corrected chi connectivity index (χ1v) is 23.0. The lowest BCUT2D eigenvalue weighted by molar-refractivity contribution is -0.267. The van der Waals surface area contributed by atoms with Gasteiger partial charge in [-0.05, 0) is 137 Å². The molecule has 320 valence electrons. The molecule has 0 radical (unpaired) electrons. The SMILES string of the molecule is C=C(C)[C@H]1CCC2(C=O)CCC3(C)[C@@H](CC[C@@H]4[C@@]5(C)CC[C@H](O)C(C)(C)[C@@H]5CC[C@]43C)[C@]12N1C[C@H](OCCOC)C[C@H]1c1nc(-c2ccccc2)cn1CCN(C)C. The third-order valence-corrected chi connectivity index (χ3v) is 18.8. The summed E-state index contributed by atoms with van der Waals surface area (Å²) in [6, 6.07) is 10.6. The molecule has 6 fully saturated rings. The van der Waals surface area contributed by atoms with Crippen LogP contribution in [0.15, 0.2) is 48.7 Å². The Bertz CT molecular complexity index is 1830. The minimum atomic E-state index is -0.481. The molecule has 2 heterocycles. The highest BCUT2D eigenvalue weighted by atomic mass is 16.5. The molecule has 2 aromatic rings. The van der Waals surface area contributed by atoms with Gasteiger partial charge in [0.05, 0.1) is 37.2 Å². The van der Waals surface area contributed by atoms with Crippen molar-refractivity contribution < 1.29 is 19.4 Å². The molecule has 0 bridgehead atoms. The molecule has 5 aliphatic carbocycles. The van der Waals surface area contributed by atoms with Gasteiger partial charge >= 0.3 is 0 Å². The number of aldehydes is 1. The lowest BCUT2D eigenvalue weighted by Gasteiger charge is -2.75. The second-order valence-electron chi connectivity index (χ2n) is 21.8. The van der Waals surface area contributed by atoms with E-state index in [9.17, 15) is 9.90 Å². The van der Waals surface area contributed by atoms with Crippen molar-refractivity contribution in [2.24, 2.45) is 50.7 Å².